The lowest BCUT2D eigenvalue weighted by Gasteiger charge is -2.13. The third-order valence-electron chi connectivity index (χ3n) is 4.76. The molecule has 0 bridgehead atoms. The van der Waals surface area contributed by atoms with E-state index in [1.165, 1.54) is 24.3 Å². The number of carbonyl (C=O) groups is 3. The van der Waals surface area contributed by atoms with Gasteiger partial charge in [-0.05, 0) is 49.6 Å². The topological polar surface area (TPSA) is 95.5 Å². The zero-order valence-electron chi connectivity index (χ0n) is 14.7. The van der Waals surface area contributed by atoms with Crippen molar-refractivity contribution in [3.8, 4) is 0 Å². The van der Waals surface area contributed by atoms with E-state index < -0.39 is 29.0 Å². The van der Waals surface area contributed by atoms with Crippen LogP contribution >= 0.6 is 0 Å². The zero-order valence-corrected chi connectivity index (χ0v) is 14.7. The second kappa shape index (κ2) is 7.19. The lowest BCUT2D eigenvalue weighted by atomic mass is 10.1. The van der Waals surface area contributed by atoms with Crippen molar-refractivity contribution in [2.75, 3.05) is 11.9 Å². The average molecular weight is 370 g/mol. The minimum atomic E-state index is -0.912. The first-order chi connectivity index (χ1) is 12.8. The molecule has 3 rings (SSSR count). The first-order valence-electron chi connectivity index (χ1n) is 8.50. The fraction of sp³-hybridized carbons (Fsp3) is 0.250. The van der Waals surface area contributed by atoms with Gasteiger partial charge in [-0.3, -0.25) is 14.4 Å². The van der Waals surface area contributed by atoms with Crippen LogP contribution in [-0.4, -0.2) is 29.4 Å². The van der Waals surface area contributed by atoms with Crippen LogP contribution in [0.3, 0.4) is 0 Å². The summed E-state index contributed by atoms with van der Waals surface area (Å²) in [5, 5.41) is 14.4. The first-order valence-corrected chi connectivity index (χ1v) is 8.50. The summed E-state index contributed by atoms with van der Waals surface area (Å²) >= 11 is 0. The van der Waals surface area contributed by atoms with Crippen LogP contribution in [-0.2, 0) is 4.79 Å². The number of benzene rings is 2. The highest BCUT2D eigenvalue weighted by Crippen LogP contribution is 2.45. The van der Waals surface area contributed by atoms with Gasteiger partial charge < -0.3 is 15.7 Å². The number of anilines is 1. The van der Waals surface area contributed by atoms with Crippen LogP contribution in [0, 0.1) is 18.2 Å². The summed E-state index contributed by atoms with van der Waals surface area (Å²) in [6.45, 7) is 1.81. The minimum absolute atomic E-state index is 0.0615. The van der Waals surface area contributed by atoms with Gasteiger partial charge in [-0.2, -0.15) is 0 Å². The smallest absolute Gasteiger partial charge is 0.311 e. The summed E-state index contributed by atoms with van der Waals surface area (Å²) in [5.74, 6) is -2.59. The van der Waals surface area contributed by atoms with Crippen molar-refractivity contribution in [3.05, 3.63) is 65.0 Å². The molecule has 0 atom stereocenters. The fourth-order valence-electron chi connectivity index (χ4n) is 2.70. The minimum Gasteiger partial charge on any atom is -0.481 e. The molecule has 0 aliphatic heterocycles. The fourth-order valence-corrected chi connectivity index (χ4v) is 2.70. The van der Waals surface area contributed by atoms with E-state index in [1.807, 2.05) is 0 Å². The van der Waals surface area contributed by atoms with Crippen molar-refractivity contribution in [3.63, 3.8) is 0 Å². The largest absolute Gasteiger partial charge is 0.481 e. The molecule has 2 aromatic carbocycles. The average Bonchev–Trinajstić information content (AvgIpc) is 3.43. The van der Waals surface area contributed by atoms with E-state index in [4.69, 9.17) is 5.11 Å². The number of rotatable bonds is 6. The summed E-state index contributed by atoms with van der Waals surface area (Å²) in [7, 11) is 0. The molecule has 0 spiro atoms. The Morgan fingerprint density at radius 2 is 1.81 bits per heavy atom. The summed E-state index contributed by atoms with van der Waals surface area (Å²) in [6, 6.07) is 10.4. The maximum absolute atomic E-state index is 13.8. The highest BCUT2D eigenvalue weighted by molar-refractivity contribution is 6.05. The molecule has 140 valence electrons. The quantitative estimate of drug-likeness (QED) is 0.728. The molecule has 27 heavy (non-hydrogen) atoms. The molecular weight excluding hydrogens is 351 g/mol. The van der Waals surface area contributed by atoms with Crippen molar-refractivity contribution in [2.45, 2.75) is 19.8 Å². The lowest BCUT2D eigenvalue weighted by molar-refractivity contribution is -0.143. The van der Waals surface area contributed by atoms with Gasteiger partial charge in [0.15, 0.2) is 0 Å². The van der Waals surface area contributed by atoms with Gasteiger partial charge in [-0.15, -0.1) is 0 Å². The van der Waals surface area contributed by atoms with E-state index in [1.54, 1.807) is 25.1 Å². The number of aryl methyl sites for hydroxylation is 1. The molecule has 1 fully saturated rings. The molecule has 0 heterocycles. The zero-order chi connectivity index (χ0) is 19.6. The number of nitrogens with one attached hydrogen (secondary N) is 2. The predicted molar refractivity (Wildman–Crippen MR) is 97.2 cm³/mol. The summed E-state index contributed by atoms with van der Waals surface area (Å²) in [4.78, 5) is 35.8. The van der Waals surface area contributed by atoms with Crippen molar-refractivity contribution in [2.24, 2.45) is 5.41 Å². The molecular formula is C20H19FN2O4. The lowest BCUT2D eigenvalue weighted by Crippen LogP contribution is -2.34. The van der Waals surface area contributed by atoms with Crippen LogP contribution in [0.25, 0.3) is 0 Å². The second-order valence-corrected chi connectivity index (χ2v) is 6.73. The van der Waals surface area contributed by atoms with E-state index in [0.717, 1.165) is 0 Å². The number of aliphatic carboxylic acids is 1. The van der Waals surface area contributed by atoms with Crippen LogP contribution in [0.15, 0.2) is 42.5 Å². The molecule has 0 radical (unpaired) electrons. The standard InChI is InChI=1S/C20H19FN2O4/c1-12-6-7-13(17(24)22-11-20(8-9-20)19(26)27)10-16(12)23-18(25)14-4-2-3-5-15(14)21/h2-7,10H,8-9,11H2,1H3,(H,22,24)(H,23,25)(H,26,27). The van der Waals surface area contributed by atoms with Crippen LogP contribution in [0.4, 0.5) is 10.1 Å². The summed E-state index contributed by atoms with van der Waals surface area (Å²) in [6.07, 6.45) is 1.08. The Morgan fingerprint density at radius 1 is 1.11 bits per heavy atom. The number of halogens is 1. The molecule has 2 aromatic rings. The van der Waals surface area contributed by atoms with Crippen LogP contribution in [0.5, 0.6) is 0 Å². The van der Waals surface area contributed by atoms with Crippen LogP contribution in [0.2, 0.25) is 0 Å². The molecule has 1 aliphatic rings. The normalized spacial score (nSPS) is 14.3. The molecule has 2 amide bonds. The van der Waals surface area contributed by atoms with Gasteiger partial charge in [-0.1, -0.05) is 18.2 Å². The van der Waals surface area contributed by atoms with Crippen molar-refractivity contribution >= 4 is 23.5 Å². The Balaban J connectivity index is 1.72. The summed E-state index contributed by atoms with van der Waals surface area (Å²) in [5.41, 5.74) is 0.424. The van der Waals surface area contributed by atoms with Crippen molar-refractivity contribution in [1.82, 2.24) is 5.32 Å². The van der Waals surface area contributed by atoms with Gasteiger partial charge in [0.05, 0.1) is 11.0 Å². The summed E-state index contributed by atoms with van der Waals surface area (Å²) < 4.78 is 13.8. The van der Waals surface area contributed by atoms with E-state index in [-0.39, 0.29) is 17.7 Å². The van der Waals surface area contributed by atoms with Crippen LogP contribution in [0.1, 0.15) is 39.1 Å². The maximum Gasteiger partial charge on any atom is 0.311 e. The molecule has 1 aliphatic carbocycles. The molecule has 0 aromatic heterocycles. The molecule has 6 nitrogen and oxygen atoms in total. The Bertz CT molecular complexity index is 922. The molecule has 0 unspecified atom stereocenters. The third kappa shape index (κ3) is 3.97. The van der Waals surface area contributed by atoms with Gasteiger partial charge >= 0.3 is 5.97 Å². The Hall–Kier alpha value is -3.22. The van der Waals surface area contributed by atoms with E-state index in [2.05, 4.69) is 10.6 Å². The second-order valence-electron chi connectivity index (χ2n) is 6.73. The monoisotopic (exact) mass is 370 g/mol. The highest BCUT2D eigenvalue weighted by atomic mass is 19.1. The number of carbonyl (C=O) groups excluding carboxylic acids is 2. The highest BCUT2D eigenvalue weighted by Gasteiger charge is 2.50. The molecule has 7 heteroatoms. The number of hydrogen-bond acceptors (Lipinski definition) is 3. The maximum atomic E-state index is 13.8. The van der Waals surface area contributed by atoms with Gasteiger partial charge in [0.1, 0.15) is 5.82 Å². The van der Waals surface area contributed by atoms with Crippen molar-refractivity contribution in [1.29, 1.82) is 0 Å². The third-order valence-corrected chi connectivity index (χ3v) is 4.76. The van der Waals surface area contributed by atoms with Crippen LogP contribution < -0.4 is 10.6 Å². The Morgan fingerprint density at radius 3 is 2.44 bits per heavy atom. The predicted octanol–water partition coefficient (Wildman–Crippen LogP) is 2.98. The van der Waals surface area contributed by atoms with Gasteiger partial charge in [0.2, 0.25) is 0 Å². The number of amides is 2. The number of hydrogen-bond donors (Lipinski definition) is 3. The Labute approximate surface area is 155 Å². The van der Waals surface area contributed by atoms with E-state index >= 15 is 0 Å². The van der Waals surface area contributed by atoms with E-state index in [9.17, 15) is 18.8 Å². The van der Waals surface area contributed by atoms with Gasteiger partial charge in [-0.25, -0.2) is 4.39 Å². The van der Waals surface area contributed by atoms with E-state index in [0.29, 0.717) is 24.1 Å². The van der Waals surface area contributed by atoms with Gasteiger partial charge in [0, 0.05) is 17.8 Å². The van der Waals surface area contributed by atoms with Crippen molar-refractivity contribution < 1.29 is 23.9 Å². The number of carboxylic acids is 1. The number of carboxylic acid groups (broad SMARTS) is 1. The Kier molecular flexibility index (Phi) is 4.94. The molecule has 3 N–H and O–H groups in total. The molecule has 0 saturated heterocycles. The first kappa shape index (κ1) is 18.6. The van der Waals surface area contributed by atoms with Gasteiger partial charge in [0.25, 0.3) is 11.8 Å². The molecule has 1 saturated carbocycles. The SMILES string of the molecule is Cc1ccc(C(=O)NCC2(C(=O)O)CC2)cc1NC(=O)c1ccccc1F.